The summed E-state index contributed by atoms with van der Waals surface area (Å²) in [7, 11) is 0. The van der Waals surface area contributed by atoms with Gasteiger partial charge in [-0.3, -0.25) is 0 Å². The maximum atomic E-state index is 10.1. The van der Waals surface area contributed by atoms with Crippen molar-refractivity contribution < 1.29 is 5.11 Å². The summed E-state index contributed by atoms with van der Waals surface area (Å²) in [6.45, 7) is 9.17. The number of rotatable bonds is 0. The molecule has 0 aromatic heterocycles. The summed E-state index contributed by atoms with van der Waals surface area (Å²) >= 11 is 0. The van der Waals surface area contributed by atoms with Gasteiger partial charge in [0.05, 0.1) is 6.10 Å². The number of allylic oxidation sites excluding steroid dienone is 1. The van der Waals surface area contributed by atoms with Gasteiger partial charge in [-0.25, -0.2) is 0 Å². The van der Waals surface area contributed by atoms with Crippen molar-refractivity contribution in [2.24, 2.45) is 10.8 Å². The number of aliphatic hydroxyl groups is 1. The zero-order valence-electron chi connectivity index (χ0n) is 10.6. The minimum atomic E-state index is -0.134. The molecule has 0 unspecified atom stereocenters. The van der Waals surface area contributed by atoms with Gasteiger partial charge < -0.3 is 5.11 Å². The molecule has 2 rings (SSSR count). The third-order valence-corrected chi connectivity index (χ3v) is 4.69. The molecular weight excluding hydrogens is 184 g/mol. The number of hydrogen-bond acceptors (Lipinski definition) is 1. The highest BCUT2D eigenvalue weighted by molar-refractivity contribution is 5.32. The van der Waals surface area contributed by atoms with Crippen molar-refractivity contribution in [3.8, 4) is 0 Å². The SMILES string of the molecule is CC1(C)CCCC2=C1CC[C@H](O)C2(C)C. The summed E-state index contributed by atoms with van der Waals surface area (Å²) in [5.74, 6) is 0. The van der Waals surface area contributed by atoms with Gasteiger partial charge in [-0.15, -0.1) is 0 Å². The Morgan fingerprint density at radius 2 is 1.73 bits per heavy atom. The molecule has 0 amide bonds. The molecule has 0 aliphatic heterocycles. The van der Waals surface area contributed by atoms with Gasteiger partial charge in [0.2, 0.25) is 0 Å². The summed E-state index contributed by atoms with van der Waals surface area (Å²) in [6.07, 6.45) is 5.76. The molecule has 0 aromatic rings. The van der Waals surface area contributed by atoms with Gasteiger partial charge in [0.25, 0.3) is 0 Å². The maximum absolute atomic E-state index is 10.1. The van der Waals surface area contributed by atoms with Crippen molar-refractivity contribution in [1.82, 2.24) is 0 Å². The van der Waals surface area contributed by atoms with Crippen LogP contribution in [0.4, 0.5) is 0 Å². The van der Waals surface area contributed by atoms with Crippen LogP contribution in [0, 0.1) is 10.8 Å². The molecule has 1 nitrogen and oxygen atoms in total. The third kappa shape index (κ3) is 1.65. The summed E-state index contributed by atoms with van der Waals surface area (Å²) in [6, 6.07) is 0. The van der Waals surface area contributed by atoms with E-state index in [2.05, 4.69) is 27.7 Å². The van der Waals surface area contributed by atoms with Crippen LogP contribution in [0.1, 0.15) is 59.8 Å². The number of aliphatic hydroxyl groups excluding tert-OH is 1. The second kappa shape index (κ2) is 3.35. The minimum Gasteiger partial charge on any atom is -0.392 e. The number of hydrogen-bond donors (Lipinski definition) is 1. The molecule has 86 valence electrons. The Bertz CT molecular complexity index is 296. The molecule has 0 fully saturated rings. The van der Waals surface area contributed by atoms with E-state index in [-0.39, 0.29) is 11.5 Å². The fourth-order valence-electron chi connectivity index (χ4n) is 3.46. The second-order valence-electron chi connectivity index (χ2n) is 6.47. The van der Waals surface area contributed by atoms with E-state index in [4.69, 9.17) is 0 Å². The van der Waals surface area contributed by atoms with E-state index in [9.17, 15) is 5.11 Å². The Morgan fingerprint density at radius 3 is 2.40 bits per heavy atom. The Labute approximate surface area is 93.6 Å². The topological polar surface area (TPSA) is 20.2 Å². The fraction of sp³-hybridized carbons (Fsp3) is 0.857. The van der Waals surface area contributed by atoms with Crippen molar-refractivity contribution in [3.05, 3.63) is 11.1 Å². The van der Waals surface area contributed by atoms with Crippen molar-refractivity contribution in [1.29, 1.82) is 0 Å². The van der Waals surface area contributed by atoms with E-state index in [1.807, 2.05) is 0 Å². The lowest BCUT2D eigenvalue weighted by Gasteiger charge is -2.47. The van der Waals surface area contributed by atoms with Crippen LogP contribution in [0.5, 0.6) is 0 Å². The van der Waals surface area contributed by atoms with Crippen LogP contribution in [0.2, 0.25) is 0 Å². The molecule has 0 heterocycles. The van der Waals surface area contributed by atoms with Crippen molar-refractivity contribution in [2.45, 2.75) is 65.9 Å². The van der Waals surface area contributed by atoms with Crippen LogP contribution in [0.25, 0.3) is 0 Å². The van der Waals surface area contributed by atoms with Crippen LogP contribution in [-0.2, 0) is 0 Å². The minimum absolute atomic E-state index is 0.0191. The van der Waals surface area contributed by atoms with Crippen molar-refractivity contribution >= 4 is 0 Å². The summed E-state index contributed by atoms with van der Waals surface area (Å²) in [5, 5.41) is 10.1. The molecule has 0 aromatic carbocycles. The predicted octanol–water partition coefficient (Wildman–Crippen LogP) is 3.67. The van der Waals surface area contributed by atoms with Gasteiger partial charge in [0.15, 0.2) is 0 Å². The molecule has 0 saturated heterocycles. The van der Waals surface area contributed by atoms with E-state index >= 15 is 0 Å². The van der Waals surface area contributed by atoms with E-state index in [1.165, 1.54) is 19.3 Å². The van der Waals surface area contributed by atoms with Crippen molar-refractivity contribution in [2.75, 3.05) is 0 Å². The Balaban J connectivity index is 2.46. The van der Waals surface area contributed by atoms with E-state index < -0.39 is 0 Å². The van der Waals surface area contributed by atoms with Gasteiger partial charge in [-0.1, -0.05) is 38.8 Å². The lowest BCUT2D eigenvalue weighted by atomic mass is 9.60. The molecule has 0 bridgehead atoms. The standard InChI is InChI=1S/C14H24O/c1-13(2)9-5-6-11-10(13)7-8-12(15)14(11,3)4/h12,15H,5-9H2,1-4H3/t12-/m0/s1. The van der Waals surface area contributed by atoms with Crippen LogP contribution in [0.3, 0.4) is 0 Å². The van der Waals surface area contributed by atoms with Crippen molar-refractivity contribution in [3.63, 3.8) is 0 Å². The maximum Gasteiger partial charge on any atom is 0.0631 e. The molecule has 15 heavy (non-hydrogen) atoms. The Hall–Kier alpha value is -0.300. The zero-order valence-corrected chi connectivity index (χ0v) is 10.6. The first-order chi connectivity index (χ1) is 6.86. The highest BCUT2D eigenvalue weighted by Crippen LogP contribution is 2.52. The van der Waals surface area contributed by atoms with Gasteiger partial charge in [-0.05, 0) is 37.5 Å². The molecule has 2 aliphatic carbocycles. The van der Waals surface area contributed by atoms with E-state index in [0.717, 1.165) is 12.8 Å². The van der Waals surface area contributed by atoms with Crippen LogP contribution < -0.4 is 0 Å². The lowest BCUT2D eigenvalue weighted by molar-refractivity contribution is 0.0474. The fourth-order valence-corrected chi connectivity index (χ4v) is 3.46. The molecule has 1 N–H and O–H groups in total. The van der Waals surface area contributed by atoms with Crippen LogP contribution >= 0.6 is 0 Å². The first-order valence-corrected chi connectivity index (χ1v) is 6.27. The van der Waals surface area contributed by atoms with Crippen LogP contribution in [0.15, 0.2) is 11.1 Å². The highest BCUT2D eigenvalue weighted by atomic mass is 16.3. The monoisotopic (exact) mass is 208 g/mol. The summed E-state index contributed by atoms with van der Waals surface area (Å²) < 4.78 is 0. The first-order valence-electron chi connectivity index (χ1n) is 6.27. The Morgan fingerprint density at radius 1 is 1.07 bits per heavy atom. The van der Waals surface area contributed by atoms with E-state index in [0.29, 0.717) is 5.41 Å². The normalized spacial score (nSPS) is 33.8. The molecule has 1 atom stereocenters. The van der Waals surface area contributed by atoms with Gasteiger partial charge in [-0.2, -0.15) is 0 Å². The molecule has 2 aliphatic rings. The van der Waals surface area contributed by atoms with Gasteiger partial charge in [0.1, 0.15) is 0 Å². The molecule has 0 radical (unpaired) electrons. The molecule has 1 heteroatoms. The molecule has 0 spiro atoms. The quantitative estimate of drug-likeness (QED) is 0.602. The average molecular weight is 208 g/mol. The zero-order chi connectivity index (χ0) is 11.3. The predicted molar refractivity (Wildman–Crippen MR) is 63.7 cm³/mol. The smallest absolute Gasteiger partial charge is 0.0631 e. The molecule has 0 saturated carbocycles. The highest BCUT2D eigenvalue weighted by Gasteiger charge is 2.42. The second-order valence-corrected chi connectivity index (χ2v) is 6.47. The average Bonchev–Trinajstić information content (AvgIpc) is 2.12. The lowest BCUT2D eigenvalue weighted by Crippen LogP contribution is -2.39. The third-order valence-electron chi connectivity index (χ3n) is 4.69. The summed E-state index contributed by atoms with van der Waals surface area (Å²) in [4.78, 5) is 0. The largest absolute Gasteiger partial charge is 0.392 e. The van der Waals surface area contributed by atoms with Gasteiger partial charge in [0, 0.05) is 5.41 Å². The van der Waals surface area contributed by atoms with Gasteiger partial charge >= 0.3 is 0 Å². The molecular formula is C14H24O. The first kappa shape index (κ1) is 11.2. The Kier molecular flexibility index (Phi) is 2.50. The van der Waals surface area contributed by atoms with Crippen LogP contribution in [-0.4, -0.2) is 11.2 Å². The van der Waals surface area contributed by atoms with E-state index in [1.54, 1.807) is 11.1 Å². The summed E-state index contributed by atoms with van der Waals surface area (Å²) in [5.41, 5.74) is 3.62.